The molecule has 0 fully saturated rings. The number of alkyl halides is 1. The third-order valence-electron chi connectivity index (χ3n) is 1.24. The lowest BCUT2D eigenvalue weighted by atomic mass is 10.3. The Hall–Kier alpha value is -0.500. The molecule has 1 atom stereocenters. The molecular formula is C9H15ClO2. The molecule has 0 saturated carbocycles. The van der Waals surface area contributed by atoms with Crippen LogP contribution < -0.4 is 0 Å². The van der Waals surface area contributed by atoms with Gasteiger partial charge in [0.15, 0.2) is 0 Å². The van der Waals surface area contributed by atoms with Crippen LogP contribution in [0.2, 0.25) is 0 Å². The van der Waals surface area contributed by atoms with Gasteiger partial charge in [0, 0.05) is 11.5 Å². The topological polar surface area (TPSA) is 26.3 Å². The molecule has 0 aromatic carbocycles. The van der Waals surface area contributed by atoms with Crippen LogP contribution >= 0.6 is 11.6 Å². The van der Waals surface area contributed by atoms with Crippen molar-refractivity contribution in [3.8, 4) is 0 Å². The molecule has 70 valence electrons. The Labute approximate surface area is 78.5 Å². The highest BCUT2D eigenvalue weighted by molar-refractivity contribution is 6.21. The van der Waals surface area contributed by atoms with Gasteiger partial charge in [0.25, 0.3) is 0 Å². The number of hydrogen-bond donors (Lipinski definition) is 0. The maximum absolute atomic E-state index is 10.9. The van der Waals surface area contributed by atoms with Crippen LogP contribution in [0.1, 0.15) is 26.7 Å². The van der Waals surface area contributed by atoms with Gasteiger partial charge in [0.1, 0.15) is 0 Å². The summed E-state index contributed by atoms with van der Waals surface area (Å²) in [6, 6.07) is 0. The minimum atomic E-state index is -0.309. The molecule has 0 heterocycles. The molecule has 12 heavy (non-hydrogen) atoms. The maximum atomic E-state index is 10.9. The predicted molar refractivity (Wildman–Crippen MR) is 50.3 cm³/mol. The molecule has 3 heteroatoms. The first-order chi connectivity index (χ1) is 5.66. The minimum absolute atomic E-state index is 0.122. The van der Waals surface area contributed by atoms with E-state index in [0.717, 1.165) is 12.8 Å². The average Bonchev–Trinajstić information content (AvgIpc) is 2.01. The highest BCUT2D eigenvalue weighted by atomic mass is 35.5. The van der Waals surface area contributed by atoms with Gasteiger partial charge >= 0.3 is 5.97 Å². The summed E-state index contributed by atoms with van der Waals surface area (Å²) in [5.41, 5.74) is 0. The molecule has 0 N–H and O–H groups in total. The SMILES string of the molecule is CCCCOC(=O)C=CC(C)Cl. The first-order valence-electron chi connectivity index (χ1n) is 4.15. The number of unbranched alkanes of at least 4 members (excludes halogenated alkanes) is 1. The van der Waals surface area contributed by atoms with Crippen molar-refractivity contribution < 1.29 is 9.53 Å². The predicted octanol–water partition coefficient (Wildman–Crippen LogP) is 2.51. The first-order valence-corrected chi connectivity index (χ1v) is 4.59. The highest BCUT2D eigenvalue weighted by Crippen LogP contribution is 1.96. The Balaban J connectivity index is 3.46. The van der Waals surface area contributed by atoms with Crippen LogP contribution in [-0.2, 0) is 9.53 Å². The lowest BCUT2D eigenvalue weighted by Crippen LogP contribution is -2.02. The molecule has 0 rings (SSSR count). The molecule has 0 spiro atoms. The van der Waals surface area contributed by atoms with E-state index >= 15 is 0 Å². The standard InChI is InChI=1S/C9H15ClO2/c1-3-4-7-12-9(11)6-5-8(2)10/h5-6,8H,3-4,7H2,1-2H3. The fourth-order valence-corrected chi connectivity index (χ4v) is 0.649. The first kappa shape index (κ1) is 11.5. The van der Waals surface area contributed by atoms with E-state index in [0.29, 0.717) is 6.61 Å². The minimum Gasteiger partial charge on any atom is -0.463 e. The van der Waals surface area contributed by atoms with Gasteiger partial charge in [-0.1, -0.05) is 19.4 Å². The number of rotatable bonds is 5. The Morgan fingerprint density at radius 3 is 2.83 bits per heavy atom. The second-order valence-corrected chi connectivity index (χ2v) is 3.25. The van der Waals surface area contributed by atoms with Gasteiger partial charge in [0.05, 0.1) is 6.61 Å². The molecule has 2 nitrogen and oxygen atoms in total. The van der Waals surface area contributed by atoms with Crippen molar-refractivity contribution in [2.45, 2.75) is 32.1 Å². The Kier molecular flexibility index (Phi) is 6.87. The number of hydrogen-bond acceptors (Lipinski definition) is 2. The summed E-state index contributed by atoms with van der Waals surface area (Å²) in [4.78, 5) is 10.9. The van der Waals surface area contributed by atoms with Crippen molar-refractivity contribution in [2.75, 3.05) is 6.61 Å². The number of allylic oxidation sites excluding steroid dienone is 1. The van der Waals surface area contributed by atoms with Gasteiger partial charge in [-0.05, 0) is 13.3 Å². The van der Waals surface area contributed by atoms with Gasteiger partial charge in [-0.15, -0.1) is 11.6 Å². The van der Waals surface area contributed by atoms with Crippen LogP contribution in [0.15, 0.2) is 12.2 Å². The molecule has 1 unspecified atom stereocenters. The smallest absolute Gasteiger partial charge is 0.330 e. The summed E-state index contributed by atoms with van der Waals surface area (Å²) >= 11 is 5.59. The van der Waals surface area contributed by atoms with E-state index in [4.69, 9.17) is 16.3 Å². The molecule has 0 saturated heterocycles. The quantitative estimate of drug-likeness (QED) is 0.288. The molecule has 0 aliphatic carbocycles. The largest absolute Gasteiger partial charge is 0.463 e. The molecular weight excluding hydrogens is 176 g/mol. The van der Waals surface area contributed by atoms with E-state index in [1.54, 1.807) is 13.0 Å². The van der Waals surface area contributed by atoms with Crippen molar-refractivity contribution in [2.24, 2.45) is 0 Å². The van der Waals surface area contributed by atoms with Crippen LogP contribution in [0.3, 0.4) is 0 Å². The zero-order chi connectivity index (χ0) is 9.40. The number of esters is 1. The van der Waals surface area contributed by atoms with Gasteiger partial charge in [-0.2, -0.15) is 0 Å². The van der Waals surface area contributed by atoms with Crippen molar-refractivity contribution in [3.63, 3.8) is 0 Å². The van der Waals surface area contributed by atoms with Crippen LogP contribution in [0.25, 0.3) is 0 Å². The fourth-order valence-electron chi connectivity index (χ4n) is 0.576. The normalized spacial score (nSPS) is 13.2. The lowest BCUT2D eigenvalue weighted by Gasteiger charge is -1.99. The second-order valence-electron chi connectivity index (χ2n) is 2.56. The Bertz CT molecular complexity index is 153. The van der Waals surface area contributed by atoms with Gasteiger partial charge < -0.3 is 4.74 Å². The molecule has 0 aromatic heterocycles. The summed E-state index contributed by atoms with van der Waals surface area (Å²) in [6.45, 7) is 4.33. The summed E-state index contributed by atoms with van der Waals surface area (Å²) < 4.78 is 4.85. The van der Waals surface area contributed by atoms with E-state index in [1.165, 1.54) is 6.08 Å². The summed E-state index contributed by atoms with van der Waals surface area (Å²) in [5, 5.41) is -0.122. The molecule has 0 aliphatic heterocycles. The zero-order valence-corrected chi connectivity index (χ0v) is 8.30. The molecule has 0 bridgehead atoms. The van der Waals surface area contributed by atoms with E-state index in [2.05, 4.69) is 0 Å². The number of carbonyl (C=O) groups is 1. The summed E-state index contributed by atoms with van der Waals surface area (Å²) in [7, 11) is 0. The van der Waals surface area contributed by atoms with E-state index in [-0.39, 0.29) is 11.3 Å². The van der Waals surface area contributed by atoms with E-state index in [9.17, 15) is 4.79 Å². The van der Waals surface area contributed by atoms with Crippen molar-refractivity contribution in [1.82, 2.24) is 0 Å². The number of carbonyl (C=O) groups excluding carboxylic acids is 1. The fraction of sp³-hybridized carbons (Fsp3) is 0.667. The van der Waals surface area contributed by atoms with Crippen LogP contribution in [0.5, 0.6) is 0 Å². The van der Waals surface area contributed by atoms with E-state index < -0.39 is 0 Å². The third-order valence-corrected chi connectivity index (χ3v) is 1.39. The number of ether oxygens (including phenoxy) is 1. The summed E-state index contributed by atoms with van der Waals surface area (Å²) in [5.74, 6) is -0.309. The van der Waals surface area contributed by atoms with Crippen LogP contribution in [-0.4, -0.2) is 18.0 Å². The molecule has 0 aliphatic rings. The molecule has 0 aromatic rings. The van der Waals surface area contributed by atoms with Crippen molar-refractivity contribution >= 4 is 17.6 Å². The van der Waals surface area contributed by atoms with Gasteiger partial charge in [0.2, 0.25) is 0 Å². The molecule has 0 amide bonds. The van der Waals surface area contributed by atoms with Crippen LogP contribution in [0.4, 0.5) is 0 Å². The van der Waals surface area contributed by atoms with Gasteiger partial charge in [-0.3, -0.25) is 0 Å². The van der Waals surface area contributed by atoms with E-state index in [1.807, 2.05) is 6.92 Å². The van der Waals surface area contributed by atoms with Crippen molar-refractivity contribution in [3.05, 3.63) is 12.2 Å². The average molecular weight is 191 g/mol. The highest BCUT2D eigenvalue weighted by Gasteiger charge is 1.96. The second kappa shape index (κ2) is 7.17. The Morgan fingerprint density at radius 1 is 1.67 bits per heavy atom. The maximum Gasteiger partial charge on any atom is 0.330 e. The monoisotopic (exact) mass is 190 g/mol. The van der Waals surface area contributed by atoms with Crippen LogP contribution in [0, 0.1) is 0 Å². The van der Waals surface area contributed by atoms with Crippen molar-refractivity contribution in [1.29, 1.82) is 0 Å². The zero-order valence-electron chi connectivity index (χ0n) is 7.55. The Morgan fingerprint density at radius 2 is 2.33 bits per heavy atom. The summed E-state index contributed by atoms with van der Waals surface area (Å²) in [6.07, 6.45) is 4.92. The lowest BCUT2D eigenvalue weighted by molar-refractivity contribution is -0.137. The van der Waals surface area contributed by atoms with Gasteiger partial charge in [-0.25, -0.2) is 4.79 Å². The third kappa shape index (κ3) is 7.61. The molecule has 0 radical (unpaired) electrons. The number of halogens is 1.